The predicted octanol–water partition coefficient (Wildman–Crippen LogP) is -2.27. The molecule has 0 atom stereocenters. The van der Waals surface area contributed by atoms with Crippen molar-refractivity contribution >= 4 is 37.7 Å². The van der Waals surface area contributed by atoms with E-state index in [0.717, 1.165) is 0 Å². The Morgan fingerprint density at radius 2 is 1.00 bits per heavy atom. The molecule has 0 unspecified atom stereocenters. The standard InChI is InChI=1S/Ca.Cr.2La.2H2O.2O.2H/h;;;;2*1H2;;;;/q;+2;;;;;;;;/p-2. The molecule has 0 aromatic carbocycles. The van der Waals surface area contributed by atoms with E-state index in [0.29, 0.717) is 0 Å². The molecule has 42 valence electrons. The van der Waals surface area contributed by atoms with Crippen LogP contribution in [0.25, 0.3) is 0 Å². The Kier molecular flexibility index (Phi) is 30.2. The van der Waals surface area contributed by atoms with Gasteiger partial charge in [0.1, 0.15) is 0 Å². The molecule has 8 heavy (non-hydrogen) atoms. The molecule has 2 N–H and O–H groups in total. The molecule has 0 aliphatic carbocycles. The summed E-state index contributed by atoms with van der Waals surface area (Å²) < 4.78 is 31.9. The quantitative estimate of drug-likeness (QED) is 0.419. The summed E-state index contributed by atoms with van der Waals surface area (Å²) in [6, 6.07) is 0. The van der Waals surface area contributed by atoms with Gasteiger partial charge in [-0.25, -0.2) is 0 Å². The molecule has 0 saturated carbocycles. The second-order valence-corrected chi connectivity index (χ2v) is 1.85. The van der Waals surface area contributed by atoms with Gasteiger partial charge in [0.2, 0.25) is 0 Å². The molecule has 8 heteroatoms. The van der Waals surface area contributed by atoms with Gasteiger partial charge in [-0.1, -0.05) is 0 Å². The van der Waals surface area contributed by atoms with Crippen LogP contribution in [0.3, 0.4) is 0 Å². The minimum atomic E-state index is -5.25. The van der Waals surface area contributed by atoms with Crippen molar-refractivity contribution in [1.29, 1.82) is 0 Å². The molecule has 0 aliphatic heterocycles. The van der Waals surface area contributed by atoms with E-state index in [1.165, 1.54) is 0 Å². The SMILES string of the molecule is [CaH2].[La].[La].[O]=[Cr](=[O])([OH])[OH]. The van der Waals surface area contributed by atoms with Gasteiger partial charge in [0.05, 0.1) is 0 Å². The van der Waals surface area contributed by atoms with Crippen molar-refractivity contribution in [3.8, 4) is 0 Å². The van der Waals surface area contributed by atoms with E-state index >= 15 is 0 Å². The first-order valence-electron chi connectivity index (χ1n) is 0.698. The monoisotopic (exact) mass is 438 g/mol. The van der Waals surface area contributed by atoms with Crippen molar-refractivity contribution in [2.45, 2.75) is 0 Å². The van der Waals surface area contributed by atoms with Crippen LogP contribution in [0.1, 0.15) is 0 Å². The van der Waals surface area contributed by atoms with Gasteiger partial charge in [0.25, 0.3) is 0 Å². The first kappa shape index (κ1) is 22.6. The van der Waals surface area contributed by atoms with Crippen LogP contribution in [0, 0.1) is 71.2 Å². The van der Waals surface area contributed by atoms with Crippen LogP contribution in [-0.4, -0.2) is 46.1 Å². The Labute approximate surface area is 135 Å². The summed E-state index contributed by atoms with van der Waals surface area (Å²) in [6.07, 6.45) is 0. The summed E-state index contributed by atoms with van der Waals surface area (Å²) in [7, 11) is 0. The van der Waals surface area contributed by atoms with Gasteiger partial charge in [-0.05, 0) is 0 Å². The second kappa shape index (κ2) is 10.7. The van der Waals surface area contributed by atoms with Gasteiger partial charge in [0.15, 0.2) is 0 Å². The van der Waals surface area contributed by atoms with Crippen molar-refractivity contribution in [3.63, 3.8) is 0 Å². The fourth-order valence-electron chi connectivity index (χ4n) is 0. The van der Waals surface area contributed by atoms with Crippen LogP contribution in [0.15, 0.2) is 0 Å². The van der Waals surface area contributed by atoms with E-state index in [9.17, 15) is 0 Å². The zero-order valence-electron chi connectivity index (χ0n) is 3.27. The van der Waals surface area contributed by atoms with Crippen LogP contribution in [0.2, 0.25) is 0 Å². The third kappa shape index (κ3) is 53.6. The summed E-state index contributed by atoms with van der Waals surface area (Å²) in [6.45, 7) is 0. The molecule has 0 saturated heterocycles. The summed E-state index contributed by atoms with van der Waals surface area (Å²) in [4.78, 5) is 0. The number of rotatable bonds is 0. The molecular weight excluding hydrogens is 434 g/mol. The second-order valence-electron chi connectivity index (χ2n) is 0.448. The Bertz CT molecular complexity index is 97.2. The minimum absolute atomic E-state index is 0. The number of hydrogen-bond donors (Lipinski definition) is 2. The molecule has 0 spiro atoms. The fraction of sp³-hybridized carbons (Fsp3) is 0. The van der Waals surface area contributed by atoms with Gasteiger partial charge >= 0.3 is 67.3 Å². The molecule has 0 fully saturated rings. The van der Waals surface area contributed by atoms with Crippen molar-refractivity contribution < 1.29 is 101 Å². The predicted molar refractivity (Wildman–Crippen MR) is 14.4 cm³/mol. The maximum atomic E-state index is 8.82. The van der Waals surface area contributed by atoms with Gasteiger partial charge < -0.3 is 0 Å². The van der Waals surface area contributed by atoms with Gasteiger partial charge in [0, 0.05) is 71.2 Å². The van der Waals surface area contributed by atoms with Crippen molar-refractivity contribution in [2.75, 3.05) is 0 Å². The molecule has 2 radical (unpaired) electrons. The zero-order chi connectivity index (χ0) is 4.50. The van der Waals surface area contributed by atoms with E-state index in [2.05, 4.69) is 0 Å². The summed E-state index contributed by atoms with van der Waals surface area (Å²) >= 11 is -5.25. The van der Waals surface area contributed by atoms with E-state index in [1.807, 2.05) is 0 Å². The van der Waals surface area contributed by atoms with E-state index in [-0.39, 0.29) is 109 Å². The Hall–Kier alpha value is 3.70. The van der Waals surface area contributed by atoms with Crippen LogP contribution in [-0.2, 0) is 21.2 Å². The Morgan fingerprint density at radius 3 is 1.00 bits per heavy atom. The van der Waals surface area contributed by atoms with E-state index in [4.69, 9.17) is 15.9 Å². The first-order valence-corrected chi connectivity index (χ1v) is 2.88. The van der Waals surface area contributed by atoms with E-state index in [1.54, 1.807) is 0 Å². The van der Waals surface area contributed by atoms with Crippen LogP contribution < -0.4 is 0 Å². The van der Waals surface area contributed by atoms with Crippen molar-refractivity contribution in [2.24, 2.45) is 0 Å². The maximum absolute atomic E-state index is 8.82. The third-order valence-electron chi connectivity index (χ3n) is 0. The fourth-order valence-corrected chi connectivity index (χ4v) is 0. The van der Waals surface area contributed by atoms with Crippen molar-refractivity contribution in [1.82, 2.24) is 0 Å². The average molecular weight is 438 g/mol. The van der Waals surface area contributed by atoms with Crippen molar-refractivity contribution in [3.05, 3.63) is 0 Å². The molecule has 0 aliphatic rings. The Balaban J connectivity index is -0.0000000267. The molecule has 0 bridgehead atoms. The Morgan fingerprint density at radius 1 is 1.00 bits per heavy atom. The van der Waals surface area contributed by atoms with E-state index < -0.39 is 13.6 Å². The summed E-state index contributed by atoms with van der Waals surface area (Å²) in [5.41, 5.74) is 0. The molecular formula is H4CaCrLa2O4. The normalized spacial score (nSPS) is 7.25. The number of hydrogen-bond acceptors (Lipinski definition) is 2. The molecule has 0 aromatic rings. The molecule has 4 nitrogen and oxygen atoms in total. The first-order chi connectivity index (χ1) is 2.00. The van der Waals surface area contributed by atoms with Gasteiger partial charge in [-0.3, -0.25) is 0 Å². The van der Waals surface area contributed by atoms with Crippen LogP contribution in [0.4, 0.5) is 0 Å². The van der Waals surface area contributed by atoms with Gasteiger partial charge in [-0.2, -0.15) is 0 Å². The molecule has 0 heterocycles. The van der Waals surface area contributed by atoms with Crippen LogP contribution >= 0.6 is 0 Å². The molecule has 0 rings (SSSR count). The molecule has 0 amide bonds. The van der Waals surface area contributed by atoms with Crippen LogP contribution in [0.5, 0.6) is 0 Å². The third-order valence-corrected chi connectivity index (χ3v) is 0. The topological polar surface area (TPSA) is 74.6 Å². The van der Waals surface area contributed by atoms with Gasteiger partial charge in [-0.15, -0.1) is 0 Å². The summed E-state index contributed by atoms with van der Waals surface area (Å²) in [5, 5.41) is 0. The zero-order valence-corrected chi connectivity index (χ0v) is 11.8. The summed E-state index contributed by atoms with van der Waals surface area (Å²) in [5.74, 6) is 0. The average Bonchev–Trinajstić information content (AvgIpc) is 0.722. The molecule has 0 aromatic heterocycles.